The maximum atomic E-state index is 6.29. The van der Waals surface area contributed by atoms with Gasteiger partial charge in [0.2, 0.25) is 0 Å². The predicted octanol–water partition coefficient (Wildman–Crippen LogP) is 3.00. The van der Waals surface area contributed by atoms with Crippen LogP contribution in [0.4, 0.5) is 5.82 Å². The zero-order chi connectivity index (χ0) is 20.6. The maximum absolute atomic E-state index is 6.29. The van der Waals surface area contributed by atoms with Gasteiger partial charge in [0.1, 0.15) is 5.82 Å². The lowest BCUT2D eigenvalue weighted by Gasteiger charge is -2.26. The van der Waals surface area contributed by atoms with Crippen molar-refractivity contribution in [3.63, 3.8) is 0 Å². The Bertz CT molecular complexity index is 797. The molecule has 2 heterocycles. The van der Waals surface area contributed by atoms with E-state index in [1.807, 2.05) is 19.2 Å². The Morgan fingerprint density at radius 2 is 2.10 bits per heavy atom. The Labute approximate surface area is 179 Å². The van der Waals surface area contributed by atoms with Crippen molar-refractivity contribution in [2.75, 3.05) is 38.6 Å². The molecule has 0 bridgehead atoms. The van der Waals surface area contributed by atoms with Crippen LogP contribution in [0.1, 0.15) is 18.9 Å². The summed E-state index contributed by atoms with van der Waals surface area (Å²) in [5.41, 5.74) is 1.32. The molecule has 156 valence electrons. The van der Waals surface area contributed by atoms with Crippen LogP contribution in [0.5, 0.6) is 0 Å². The van der Waals surface area contributed by atoms with E-state index in [1.165, 1.54) is 5.56 Å². The number of nitrogens with one attached hydrogen (secondary N) is 2. The molecule has 1 aliphatic heterocycles. The number of rotatable bonds is 7. The van der Waals surface area contributed by atoms with E-state index in [0.717, 1.165) is 44.4 Å². The maximum Gasteiger partial charge on any atom is 0.191 e. The first-order chi connectivity index (χ1) is 14.1. The first-order valence-electron chi connectivity index (χ1n) is 10.1. The lowest BCUT2D eigenvalue weighted by molar-refractivity contribution is 0.249. The van der Waals surface area contributed by atoms with Crippen LogP contribution < -0.4 is 15.5 Å². The van der Waals surface area contributed by atoms with Crippen molar-refractivity contribution >= 4 is 23.4 Å². The van der Waals surface area contributed by atoms with E-state index in [1.54, 1.807) is 6.20 Å². The minimum atomic E-state index is 0.316. The van der Waals surface area contributed by atoms with E-state index < -0.39 is 0 Å². The molecule has 0 amide bonds. The van der Waals surface area contributed by atoms with Gasteiger partial charge in [-0.25, -0.2) is 4.98 Å². The van der Waals surface area contributed by atoms with Gasteiger partial charge in [-0.3, -0.25) is 9.89 Å². The summed E-state index contributed by atoms with van der Waals surface area (Å²) in [4.78, 5) is 13.4. The van der Waals surface area contributed by atoms with E-state index in [0.29, 0.717) is 17.1 Å². The van der Waals surface area contributed by atoms with Crippen molar-refractivity contribution in [3.8, 4) is 0 Å². The van der Waals surface area contributed by atoms with Gasteiger partial charge >= 0.3 is 0 Å². The number of anilines is 1. The summed E-state index contributed by atoms with van der Waals surface area (Å²) in [6.45, 7) is 5.77. The van der Waals surface area contributed by atoms with Gasteiger partial charge in [0.25, 0.3) is 0 Å². The second-order valence-electron chi connectivity index (χ2n) is 7.59. The number of hydrogen-bond acceptors (Lipinski definition) is 4. The van der Waals surface area contributed by atoms with Gasteiger partial charge in [-0.1, -0.05) is 41.9 Å². The molecule has 1 fully saturated rings. The van der Waals surface area contributed by atoms with E-state index in [2.05, 4.69) is 74.7 Å². The highest BCUT2D eigenvalue weighted by Crippen LogP contribution is 2.25. The zero-order valence-corrected chi connectivity index (χ0v) is 18.2. The third kappa shape index (κ3) is 6.08. The van der Waals surface area contributed by atoms with Gasteiger partial charge in [0, 0.05) is 51.5 Å². The Morgan fingerprint density at radius 3 is 2.83 bits per heavy atom. The van der Waals surface area contributed by atoms with Crippen molar-refractivity contribution < 1.29 is 0 Å². The number of likely N-dealkylation sites (N-methyl/N-ethyl adjacent to an activating group) is 1. The second kappa shape index (κ2) is 10.5. The summed E-state index contributed by atoms with van der Waals surface area (Å²) in [5.74, 6) is 1.70. The molecular formula is C22H31ClN6. The van der Waals surface area contributed by atoms with Crippen LogP contribution in [0.25, 0.3) is 0 Å². The molecule has 1 aromatic heterocycles. The molecule has 0 saturated carbocycles. The third-order valence-electron chi connectivity index (χ3n) is 5.38. The summed E-state index contributed by atoms with van der Waals surface area (Å²) in [7, 11) is 3.97. The highest BCUT2D eigenvalue weighted by atomic mass is 35.5. The molecule has 0 spiro atoms. The molecule has 2 unspecified atom stereocenters. The molecule has 2 atom stereocenters. The Kier molecular flexibility index (Phi) is 7.72. The fourth-order valence-corrected chi connectivity index (χ4v) is 3.74. The van der Waals surface area contributed by atoms with E-state index in [4.69, 9.17) is 11.6 Å². The molecule has 7 heteroatoms. The van der Waals surface area contributed by atoms with E-state index >= 15 is 0 Å². The number of aromatic nitrogens is 1. The fourth-order valence-electron chi connectivity index (χ4n) is 3.50. The molecule has 0 radical (unpaired) electrons. The molecule has 1 aliphatic rings. The fraction of sp³-hybridized carbons (Fsp3) is 0.455. The van der Waals surface area contributed by atoms with Crippen LogP contribution in [-0.4, -0.2) is 61.7 Å². The summed E-state index contributed by atoms with van der Waals surface area (Å²) < 4.78 is 0. The Hall–Kier alpha value is -2.31. The number of halogens is 1. The van der Waals surface area contributed by atoms with Crippen LogP contribution in [0, 0.1) is 0 Å². The van der Waals surface area contributed by atoms with Crippen molar-refractivity contribution in [3.05, 3.63) is 59.2 Å². The predicted molar refractivity (Wildman–Crippen MR) is 122 cm³/mol. The number of nitrogens with zero attached hydrogens (tertiary/aromatic N) is 4. The van der Waals surface area contributed by atoms with Crippen molar-refractivity contribution in [2.24, 2.45) is 4.99 Å². The van der Waals surface area contributed by atoms with Gasteiger partial charge in [0.05, 0.1) is 5.02 Å². The average molecular weight is 415 g/mol. The largest absolute Gasteiger partial charge is 0.355 e. The number of aliphatic imine (C=N–C) groups is 1. The summed E-state index contributed by atoms with van der Waals surface area (Å²) >= 11 is 6.29. The van der Waals surface area contributed by atoms with Crippen LogP contribution in [0.3, 0.4) is 0 Å². The van der Waals surface area contributed by atoms with Gasteiger partial charge in [0.15, 0.2) is 5.96 Å². The molecule has 3 rings (SSSR count). The standard InChI is InChI=1S/C22H31ClN6/c1-17(28(3)15-18-8-5-4-6-9-18)14-26-22(24-2)27-19-11-13-29(16-19)21-20(23)10-7-12-25-21/h4-10,12,17,19H,11,13-16H2,1-3H3,(H2,24,26,27). The van der Waals surface area contributed by atoms with Crippen LogP contribution in [-0.2, 0) is 6.54 Å². The minimum Gasteiger partial charge on any atom is -0.355 e. The minimum absolute atomic E-state index is 0.316. The van der Waals surface area contributed by atoms with Gasteiger partial charge in [-0.05, 0) is 38.1 Å². The first-order valence-corrected chi connectivity index (χ1v) is 10.5. The zero-order valence-electron chi connectivity index (χ0n) is 17.5. The molecular weight excluding hydrogens is 384 g/mol. The van der Waals surface area contributed by atoms with Gasteiger partial charge in [-0.2, -0.15) is 0 Å². The van der Waals surface area contributed by atoms with Crippen molar-refractivity contribution in [2.45, 2.75) is 32.0 Å². The van der Waals surface area contributed by atoms with Crippen LogP contribution in [0.2, 0.25) is 5.02 Å². The molecule has 0 aliphatic carbocycles. The average Bonchev–Trinajstić information content (AvgIpc) is 3.20. The molecule has 1 aromatic carbocycles. The molecule has 2 aromatic rings. The Morgan fingerprint density at radius 1 is 1.31 bits per heavy atom. The first kappa shape index (κ1) is 21.4. The highest BCUT2D eigenvalue weighted by Gasteiger charge is 2.25. The van der Waals surface area contributed by atoms with Crippen molar-refractivity contribution in [1.29, 1.82) is 0 Å². The summed E-state index contributed by atoms with van der Waals surface area (Å²) in [6.07, 6.45) is 2.81. The smallest absolute Gasteiger partial charge is 0.191 e. The highest BCUT2D eigenvalue weighted by molar-refractivity contribution is 6.32. The van der Waals surface area contributed by atoms with Gasteiger partial charge in [-0.15, -0.1) is 0 Å². The Balaban J connectivity index is 1.45. The van der Waals surface area contributed by atoms with E-state index in [9.17, 15) is 0 Å². The lowest BCUT2D eigenvalue weighted by Crippen LogP contribution is -2.48. The third-order valence-corrected chi connectivity index (χ3v) is 5.68. The summed E-state index contributed by atoms with van der Waals surface area (Å²) in [6, 6.07) is 15.0. The van der Waals surface area contributed by atoms with E-state index in [-0.39, 0.29) is 0 Å². The number of guanidine groups is 1. The molecule has 2 N–H and O–H groups in total. The summed E-state index contributed by atoms with van der Waals surface area (Å²) in [5, 5.41) is 7.70. The number of benzene rings is 1. The normalized spacial score (nSPS) is 18.2. The van der Waals surface area contributed by atoms with Crippen LogP contribution >= 0.6 is 11.6 Å². The SMILES string of the molecule is CN=C(NCC(C)N(C)Cc1ccccc1)NC1CCN(c2ncccc2Cl)C1. The van der Waals surface area contributed by atoms with Crippen molar-refractivity contribution in [1.82, 2.24) is 20.5 Å². The quantitative estimate of drug-likeness (QED) is 0.538. The monoisotopic (exact) mass is 414 g/mol. The van der Waals surface area contributed by atoms with Gasteiger partial charge < -0.3 is 15.5 Å². The number of hydrogen-bond donors (Lipinski definition) is 2. The second-order valence-corrected chi connectivity index (χ2v) is 7.99. The van der Waals surface area contributed by atoms with Crippen LogP contribution in [0.15, 0.2) is 53.7 Å². The molecule has 1 saturated heterocycles. The number of pyridine rings is 1. The topological polar surface area (TPSA) is 55.8 Å². The molecule has 29 heavy (non-hydrogen) atoms. The molecule has 6 nitrogen and oxygen atoms in total. The lowest BCUT2D eigenvalue weighted by atomic mass is 10.2.